The van der Waals surface area contributed by atoms with E-state index in [1.807, 2.05) is 38.1 Å². The van der Waals surface area contributed by atoms with Crippen molar-refractivity contribution < 1.29 is 19.1 Å². The van der Waals surface area contributed by atoms with Gasteiger partial charge in [0.2, 0.25) is 11.8 Å². The number of fused-ring (bicyclic) bond motifs is 1. The number of pyridine rings is 1. The number of amides is 2. The molecule has 2 aliphatic rings. The Hall–Kier alpha value is -4.46. The van der Waals surface area contributed by atoms with Gasteiger partial charge < -0.3 is 5.11 Å². The number of halogens is 1. The maximum Gasteiger partial charge on any atom is 0.234 e. The van der Waals surface area contributed by atoms with Gasteiger partial charge in [-0.25, -0.2) is 4.39 Å². The largest absolute Gasteiger partial charge is 0.384 e. The molecule has 2 aromatic heterocycles. The number of likely N-dealkylation sites (tertiary alicyclic amines) is 1. The molecule has 0 spiro atoms. The van der Waals surface area contributed by atoms with Crippen molar-refractivity contribution >= 4 is 22.7 Å². The number of aryl methyl sites for hydroxylation is 1. The van der Waals surface area contributed by atoms with Crippen molar-refractivity contribution in [2.75, 3.05) is 13.1 Å². The van der Waals surface area contributed by atoms with Crippen LogP contribution in [-0.2, 0) is 28.8 Å². The Labute approximate surface area is 249 Å². The van der Waals surface area contributed by atoms with Gasteiger partial charge in [-0.3, -0.25) is 29.5 Å². The molecule has 2 fully saturated rings. The van der Waals surface area contributed by atoms with Crippen LogP contribution >= 0.6 is 0 Å². The van der Waals surface area contributed by atoms with Crippen molar-refractivity contribution in [1.82, 2.24) is 25.0 Å². The molecule has 10 heteroatoms. The highest BCUT2D eigenvalue weighted by atomic mass is 19.1. The standard InChI is InChI=1S/C33H33FN6O3/c1-32(2)19-40(17-20-4-6-21(7-5-20)30-23(15-35)18-39(3)38-30)13-12-33(32,43)26-9-10-27-25(29(26)34)14-22(16-36-27)24-8-11-28(41)37-31(24)42/h4-7,9-10,14,16,18,24,43H,8,11-13,17,19H2,1-3H3,(H,37,41,42). The smallest absolute Gasteiger partial charge is 0.234 e. The van der Waals surface area contributed by atoms with Gasteiger partial charge in [0.1, 0.15) is 17.6 Å². The fraction of sp³-hybridized carbons (Fsp3) is 0.364. The zero-order valence-corrected chi connectivity index (χ0v) is 24.4. The van der Waals surface area contributed by atoms with Crippen LogP contribution in [0, 0.1) is 22.6 Å². The minimum atomic E-state index is -1.43. The van der Waals surface area contributed by atoms with E-state index in [-0.39, 0.29) is 23.3 Å². The van der Waals surface area contributed by atoms with Gasteiger partial charge in [-0.05, 0) is 36.1 Å². The minimum Gasteiger partial charge on any atom is -0.384 e. The molecule has 2 N–H and O–H groups in total. The maximum absolute atomic E-state index is 16.2. The van der Waals surface area contributed by atoms with Gasteiger partial charge in [0.05, 0.1) is 22.6 Å². The van der Waals surface area contributed by atoms with Gasteiger partial charge in [-0.1, -0.05) is 44.2 Å². The molecule has 9 nitrogen and oxygen atoms in total. The molecule has 0 saturated carbocycles. The van der Waals surface area contributed by atoms with Crippen molar-refractivity contribution in [3.63, 3.8) is 0 Å². The first-order chi connectivity index (χ1) is 20.5. The summed E-state index contributed by atoms with van der Waals surface area (Å²) in [5.74, 6) is -1.83. The van der Waals surface area contributed by atoms with Crippen LogP contribution in [0.5, 0.6) is 0 Å². The first kappa shape index (κ1) is 28.6. The van der Waals surface area contributed by atoms with Crippen LogP contribution in [0.3, 0.4) is 0 Å². The third kappa shape index (κ3) is 5.09. The second kappa shape index (κ2) is 10.7. The number of nitrogens with one attached hydrogen (secondary N) is 1. The SMILES string of the molecule is Cn1cc(C#N)c(-c2ccc(CN3CCC(O)(c4ccc5ncc(C6CCC(=O)NC6=O)cc5c4F)C(C)(C)C3)cc2)n1. The molecule has 43 heavy (non-hydrogen) atoms. The Kier molecular flexibility index (Phi) is 7.11. The zero-order valence-electron chi connectivity index (χ0n) is 24.4. The molecule has 0 bridgehead atoms. The third-order valence-corrected chi connectivity index (χ3v) is 9.02. The Morgan fingerprint density at radius 3 is 2.65 bits per heavy atom. The number of rotatable bonds is 5. The molecular weight excluding hydrogens is 547 g/mol. The van der Waals surface area contributed by atoms with Crippen LogP contribution in [0.25, 0.3) is 22.2 Å². The summed E-state index contributed by atoms with van der Waals surface area (Å²) in [6.45, 7) is 5.66. The number of nitriles is 1. The number of carbonyl (C=O) groups is 2. The first-order valence-corrected chi connectivity index (χ1v) is 14.4. The summed E-state index contributed by atoms with van der Waals surface area (Å²) in [6, 6.07) is 15.1. The van der Waals surface area contributed by atoms with Gasteiger partial charge in [0, 0.05) is 67.4 Å². The van der Waals surface area contributed by atoms with E-state index in [1.54, 1.807) is 42.3 Å². The van der Waals surface area contributed by atoms with E-state index in [4.69, 9.17) is 0 Å². The number of hydrogen-bond donors (Lipinski definition) is 2. The van der Waals surface area contributed by atoms with E-state index in [9.17, 15) is 20.0 Å². The van der Waals surface area contributed by atoms with E-state index in [0.29, 0.717) is 54.8 Å². The van der Waals surface area contributed by atoms with Crippen molar-refractivity contribution in [2.45, 2.75) is 51.2 Å². The number of benzene rings is 2. The van der Waals surface area contributed by atoms with Gasteiger partial charge in [-0.15, -0.1) is 0 Å². The summed E-state index contributed by atoms with van der Waals surface area (Å²) in [5.41, 5.74) is 2.22. The predicted molar refractivity (Wildman–Crippen MR) is 158 cm³/mol. The molecule has 4 aromatic rings. The van der Waals surface area contributed by atoms with Crippen molar-refractivity contribution in [3.05, 3.63) is 82.9 Å². The topological polar surface area (TPSA) is 124 Å². The lowest BCUT2D eigenvalue weighted by Gasteiger charge is -2.50. The number of imide groups is 1. The van der Waals surface area contributed by atoms with Gasteiger partial charge in [-0.2, -0.15) is 10.4 Å². The highest BCUT2D eigenvalue weighted by Crippen LogP contribution is 2.48. The Morgan fingerprint density at radius 2 is 1.95 bits per heavy atom. The van der Waals surface area contributed by atoms with Crippen LogP contribution in [-0.4, -0.2) is 49.7 Å². The molecule has 220 valence electrons. The molecule has 2 aliphatic heterocycles. The second-order valence-electron chi connectivity index (χ2n) is 12.3. The molecule has 2 saturated heterocycles. The summed E-state index contributed by atoms with van der Waals surface area (Å²) in [6.07, 6.45) is 4.16. The fourth-order valence-electron chi connectivity index (χ4n) is 6.57. The highest BCUT2D eigenvalue weighted by molar-refractivity contribution is 6.01. The first-order valence-electron chi connectivity index (χ1n) is 14.4. The Morgan fingerprint density at radius 1 is 1.19 bits per heavy atom. The van der Waals surface area contributed by atoms with E-state index in [1.165, 1.54) is 0 Å². The maximum atomic E-state index is 16.2. The average molecular weight is 581 g/mol. The molecule has 2 aromatic carbocycles. The Bertz CT molecular complexity index is 1790. The normalized spacial score (nSPS) is 22.4. The van der Waals surface area contributed by atoms with Crippen LogP contribution < -0.4 is 5.32 Å². The van der Waals surface area contributed by atoms with Crippen LogP contribution in [0.1, 0.15) is 61.3 Å². The van der Waals surface area contributed by atoms with Crippen LogP contribution in [0.2, 0.25) is 0 Å². The lowest BCUT2D eigenvalue weighted by molar-refractivity contribution is -0.134. The van der Waals surface area contributed by atoms with Gasteiger partial charge >= 0.3 is 0 Å². The molecular formula is C33H33FN6O3. The number of aromatic nitrogens is 3. The third-order valence-electron chi connectivity index (χ3n) is 9.02. The fourth-order valence-corrected chi connectivity index (χ4v) is 6.57. The average Bonchev–Trinajstić information content (AvgIpc) is 3.36. The summed E-state index contributed by atoms with van der Waals surface area (Å²) in [7, 11) is 1.79. The predicted octanol–water partition coefficient (Wildman–Crippen LogP) is 4.29. The lowest BCUT2D eigenvalue weighted by atomic mass is 9.66. The van der Waals surface area contributed by atoms with Crippen molar-refractivity contribution in [3.8, 4) is 17.3 Å². The molecule has 6 rings (SSSR count). The van der Waals surface area contributed by atoms with Crippen molar-refractivity contribution in [2.24, 2.45) is 12.5 Å². The Balaban J connectivity index is 1.22. The summed E-state index contributed by atoms with van der Waals surface area (Å²) in [5, 5.41) is 28.5. The number of carbonyl (C=O) groups excluding carboxylic acids is 2. The quantitative estimate of drug-likeness (QED) is 0.338. The van der Waals surface area contributed by atoms with Crippen LogP contribution in [0.4, 0.5) is 4.39 Å². The minimum absolute atomic E-state index is 0.220. The van der Waals surface area contributed by atoms with Crippen LogP contribution in [0.15, 0.2) is 54.9 Å². The monoisotopic (exact) mass is 580 g/mol. The van der Waals surface area contributed by atoms with E-state index in [2.05, 4.69) is 26.4 Å². The highest BCUT2D eigenvalue weighted by Gasteiger charge is 2.50. The molecule has 2 atom stereocenters. The van der Waals surface area contributed by atoms with E-state index in [0.717, 1.165) is 11.1 Å². The van der Waals surface area contributed by atoms with Gasteiger partial charge in [0.15, 0.2) is 0 Å². The molecule has 4 heterocycles. The second-order valence-corrected chi connectivity index (χ2v) is 12.3. The lowest BCUT2D eigenvalue weighted by Crippen LogP contribution is -2.55. The number of nitrogens with zero attached hydrogens (tertiary/aromatic N) is 5. The summed E-state index contributed by atoms with van der Waals surface area (Å²) >= 11 is 0. The summed E-state index contributed by atoms with van der Waals surface area (Å²) in [4.78, 5) is 30.7. The summed E-state index contributed by atoms with van der Waals surface area (Å²) < 4.78 is 17.9. The zero-order chi connectivity index (χ0) is 30.5. The van der Waals surface area contributed by atoms with Gasteiger partial charge in [0.25, 0.3) is 0 Å². The number of hydrogen-bond acceptors (Lipinski definition) is 7. The number of aliphatic hydroxyl groups is 1. The number of piperidine rings is 2. The molecule has 2 unspecified atom stereocenters. The molecule has 0 aliphatic carbocycles. The van der Waals surface area contributed by atoms with E-state index >= 15 is 4.39 Å². The molecule has 0 radical (unpaired) electrons. The van der Waals surface area contributed by atoms with Crippen molar-refractivity contribution in [1.29, 1.82) is 5.26 Å². The molecule has 2 amide bonds. The van der Waals surface area contributed by atoms with E-state index < -0.39 is 28.7 Å².